The molecular weight excluding hydrogens is 254 g/mol. The molecular formula is C14H17N5O. The molecule has 1 amide bonds. The van der Waals surface area contributed by atoms with Crippen LogP contribution in [0.3, 0.4) is 0 Å². The van der Waals surface area contributed by atoms with E-state index in [4.69, 9.17) is 5.10 Å². The highest BCUT2D eigenvalue weighted by atomic mass is 16.2. The molecule has 0 saturated heterocycles. The molecule has 0 aromatic carbocycles. The van der Waals surface area contributed by atoms with Gasteiger partial charge < -0.3 is 4.90 Å². The lowest BCUT2D eigenvalue weighted by Gasteiger charge is -2.26. The molecule has 4 heterocycles. The van der Waals surface area contributed by atoms with E-state index in [1.165, 1.54) is 11.1 Å². The van der Waals surface area contributed by atoms with Crippen molar-refractivity contribution in [3.8, 4) is 11.4 Å². The van der Waals surface area contributed by atoms with Crippen LogP contribution in [0.2, 0.25) is 0 Å². The van der Waals surface area contributed by atoms with Gasteiger partial charge in [-0.05, 0) is 6.42 Å². The van der Waals surface area contributed by atoms with Crippen LogP contribution in [0, 0.1) is 0 Å². The van der Waals surface area contributed by atoms with E-state index in [1.54, 1.807) is 6.92 Å². The highest BCUT2D eigenvalue weighted by Gasteiger charge is 2.31. The van der Waals surface area contributed by atoms with Gasteiger partial charge in [0, 0.05) is 51.2 Å². The molecule has 0 unspecified atom stereocenters. The average molecular weight is 271 g/mol. The van der Waals surface area contributed by atoms with Gasteiger partial charge in [0.25, 0.3) is 0 Å². The van der Waals surface area contributed by atoms with Crippen molar-refractivity contribution in [2.24, 2.45) is 7.05 Å². The van der Waals surface area contributed by atoms with E-state index in [9.17, 15) is 4.79 Å². The van der Waals surface area contributed by atoms with E-state index in [2.05, 4.69) is 9.78 Å². The zero-order valence-electron chi connectivity index (χ0n) is 11.8. The Morgan fingerprint density at radius 3 is 2.90 bits per heavy atom. The maximum Gasteiger partial charge on any atom is 0.219 e. The van der Waals surface area contributed by atoms with Crippen molar-refractivity contribution >= 4 is 5.91 Å². The molecule has 2 aromatic heterocycles. The fourth-order valence-electron chi connectivity index (χ4n) is 3.32. The Hall–Kier alpha value is -2.11. The molecule has 104 valence electrons. The monoisotopic (exact) mass is 271 g/mol. The molecule has 0 saturated carbocycles. The summed E-state index contributed by atoms with van der Waals surface area (Å²) in [6.07, 6.45) is 3.78. The number of amides is 1. The van der Waals surface area contributed by atoms with Gasteiger partial charge in [-0.3, -0.25) is 14.2 Å². The van der Waals surface area contributed by atoms with E-state index in [1.807, 2.05) is 22.8 Å². The van der Waals surface area contributed by atoms with E-state index in [0.29, 0.717) is 6.54 Å². The Balaban J connectivity index is 1.89. The van der Waals surface area contributed by atoms with Crippen LogP contribution >= 0.6 is 0 Å². The maximum absolute atomic E-state index is 11.6. The summed E-state index contributed by atoms with van der Waals surface area (Å²) < 4.78 is 4.02. The van der Waals surface area contributed by atoms with Crippen molar-refractivity contribution in [2.75, 3.05) is 6.54 Å². The van der Waals surface area contributed by atoms with E-state index >= 15 is 0 Å². The van der Waals surface area contributed by atoms with Crippen LogP contribution in [0.5, 0.6) is 0 Å². The number of nitrogens with zero attached hydrogens (tertiary/aromatic N) is 5. The van der Waals surface area contributed by atoms with Crippen molar-refractivity contribution in [3.63, 3.8) is 0 Å². The van der Waals surface area contributed by atoms with E-state index in [0.717, 1.165) is 43.0 Å². The van der Waals surface area contributed by atoms with Gasteiger partial charge >= 0.3 is 0 Å². The van der Waals surface area contributed by atoms with Gasteiger partial charge in [0.1, 0.15) is 0 Å². The van der Waals surface area contributed by atoms with E-state index < -0.39 is 0 Å². The second-order valence-electron chi connectivity index (χ2n) is 5.58. The quantitative estimate of drug-likeness (QED) is 0.710. The molecule has 0 atom stereocenters. The molecule has 0 bridgehead atoms. The van der Waals surface area contributed by atoms with Gasteiger partial charge in [0.05, 0.1) is 23.3 Å². The minimum atomic E-state index is 0.136. The highest BCUT2D eigenvalue weighted by Crippen LogP contribution is 2.35. The summed E-state index contributed by atoms with van der Waals surface area (Å²) in [6, 6.07) is 0. The summed E-state index contributed by atoms with van der Waals surface area (Å²) in [7, 11) is 1.97. The molecule has 2 aromatic rings. The molecule has 0 spiro atoms. The minimum absolute atomic E-state index is 0.136. The Bertz CT molecular complexity index is 711. The Kier molecular flexibility index (Phi) is 2.31. The first-order valence-corrected chi connectivity index (χ1v) is 7.00. The van der Waals surface area contributed by atoms with Crippen LogP contribution in [0.15, 0.2) is 6.20 Å². The third-order valence-corrected chi connectivity index (χ3v) is 4.38. The third kappa shape index (κ3) is 1.47. The van der Waals surface area contributed by atoms with Gasteiger partial charge in [0.15, 0.2) is 0 Å². The van der Waals surface area contributed by atoms with Gasteiger partial charge in [-0.2, -0.15) is 10.2 Å². The van der Waals surface area contributed by atoms with Crippen LogP contribution in [-0.2, 0) is 37.8 Å². The summed E-state index contributed by atoms with van der Waals surface area (Å²) in [5, 5.41) is 9.12. The number of aromatic nitrogens is 4. The fraction of sp³-hybridized carbons (Fsp3) is 0.500. The van der Waals surface area contributed by atoms with Crippen molar-refractivity contribution in [2.45, 2.75) is 32.9 Å². The number of hydrogen-bond acceptors (Lipinski definition) is 3. The number of rotatable bonds is 0. The van der Waals surface area contributed by atoms with Crippen molar-refractivity contribution in [1.82, 2.24) is 24.5 Å². The van der Waals surface area contributed by atoms with Crippen molar-refractivity contribution in [3.05, 3.63) is 23.0 Å². The summed E-state index contributed by atoms with van der Waals surface area (Å²) in [5.74, 6) is 0.136. The molecule has 20 heavy (non-hydrogen) atoms. The van der Waals surface area contributed by atoms with E-state index in [-0.39, 0.29) is 5.91 Å². The first-order chi connectivity index (χ1) is 9.65. The van der Waals surface area contributed by atoms with Gasteiger partial charge in [-0.25, -0.2) is 0 Å². The lowest BCUT2D eigenvalue weighted by atomic mass is 9.99. The number of fused-ring (bicyclic) bond motifs is 5. The second kappa shape index (κ2) is 3.94. The lowest BCUT2D eigenvalue weighted by molar-refractivity contribution is -0.129. The maximum atomic E-state index is 11.6. The highest BCUT2D eigenvalue weighted by molar-refractivity contribution is 5.75. The summed E-state index contributed by atoms with van der Waals surface area (Å²) >= 11 is 0. The summed E-state index contributed by atoms with van der Waals surface area (Å²) in [4.78, 5) is 13.5. The predicted octanol–water partition coefficient (Wildman–Crippen LogP) is 0.744. The molecule has 6 heteroatoms. The van der Waals surface area contributed by atoms with Crippen LogP contribution in [0.25, 0.3) is 11.4 Å². The van der Waals surface area contributed by atoms with Crippen LogP contribution in [-0.4, -0.2) is 36.9 Å². The van der Waals surface area contributed by atoms with Crippen molar-refractivity contribution in [1.29, 1.82) is 0 Å². The molecule has 4 rings (SSSR count). The largest absolute Gasteiger partial charge is 0.338 e. The Morgan fingerprint density at radius 1 is 1.25 bits per heavy atom. The standard InChI is InChI=1S/C14H17N5O/c1-9(20)18-5-4-12-11(8-18)14-13-10(7-15-17(13)2)3-6-19(14)16-12/h7H,3-6,8H2,1-2H3. The summed E-state index contributed by atoms with van der Waals surface area (Å²) in [5.41, 5.74) is 5.95. The minimum Gasteiger partial charge on any atom is -0.338 e. The van der Waals surface area contributed by atoms with Crippen LogP contribution in [0.4, 0.5) is 0 Å². The first-order valence-electron chi connectivity index (χ1n) is 7.00. The first kappa shape index (κ1) is 11.7. The smallest absolute Gasteiger partial charge is 0.219 e. The molecule has 0 N–H and O–H groups in total. The predicted molar refractivity (Wildman–Crippen MR) is 72.9 cm³/mol. The second-order valence-corrected chi connectivity index (χ2v) is 5.58. The average Bonchev–Trinajstić information content (AvgIpc) is 2.98. The van der Waals surface area contributed by atoms with Crippen molar-refractivity contribution < 1.29 is 4.79 Å². The molecule has 0 radical (unpaired) electrons. The van der Waals surface area contributed by atoms with Crippen LogP contribution < -0.4 is 0 Å². The Morgan fingerprint density at radius 2 is 2.10 bits per heavy atom. The molecule has 0 fully saturated rings. The lowest BCUT2D eigenvalue weighted by Crippen LogP contribution is -2.34. The van der Waals surface area contributed by atoms with Gasteiger partial charge in [0.2, 0.25) is 5.91 Å². The molecule has 0 aliphatic carbocycles. The topological polar surface area (TPSA) is 56.0 Å². The number of carbonyl (C=O) groups is 1. The zero-order valence-corrected chi connectivity index (χ0v) is 11.8. The molecule has 2 aliphatic heterocycles. The summed E-state index contributed by atoms with van der Waals surface area (Å²) in [6.45, 7) is 3.99. The molecule has 6 nitrogen and oxygen atoms in total. The fourth-order valence-corrected chi connectivity index (χ4v) is 3.32. The van der Waals surface area contributed by atoms with Gasteiger partial charge in [-0.15, -0.1) is 0 Å². The van der Waals surface area contributed by atoms with Gasteiger partial charge in [-0.1, -0.05) is 0 Å². The molecule has 2 aliphatic rings. The van der Waals surface area contributed by atoms with Crippen LogP contribution in [0.1, 0.15) is 23.7 Å². The third-order valence-electron chi connectivity index (χ3n) is 4.38. The number of aryl methyl sites for hydroxylation is 3. The SMILES string of the molecule is CC(=O)N1CCc2nn3c(c2C1)-c1c(cnn1C)CC3. The number of hydrogen-bond donors (Lipinski definition) is 0. The zero-order chi connectivity index (χ0) is 13.9. The number of carbonyl (C=O) groups excluding carboxylic acids is 1. The Labute approximate surface area is 117 Å². The normalized spacial score (nSPS) is 16.6.